The van der Waals surface area contributed by atoms with E-state index in [1.54, 1.807) is 17.9 Å². The van der Waals surface area contributed by atoms with Gasteiger partial charge in [0.2, 0.25) is 5.91 Å². The van der Waals surface area contributed by atoms with Crippen LogP contribution < -0.4 is 4.90 Å². The van der Waals surface area contributed by atoms with Crippen molar-refractivity contribution >= 4 is 23.3 Å². The molecule has 0 bridgehead atoms. The van der Waals surface area contributed by atoms with Gasteiger partial charge in [-0.2, -0.15) is 0 Å². The van der Waals surface area contributed by atoms with Crippen molar-refractivity contribution in [3.8, 4) is 0 Å². The number of nitrogens with zero attached hydrogens (tertiary/aromatic N) is 6. The average molecular weight is 267 g/mol. The fourth-order valence-electron chi connectivity index (χ4n) is 1.93. The van der Waals surface area contributed by atoms with Gasteiger partial charge >= 0.3 is 0 Å². The topological polar surface area (TPSA) is 94.9 Å². The number of halogens is 1. The second-order valence-corrected chi connectivity index (χ2v) is 4.47. The Labute approximate surface area is 108 Å². The van der Waals surface area contributed by atoms with Crippen LogP contribution in [0.3, 0.4) is 0 Å². The molecule has 1 aromatic heterocycles. The van der Waals surface area contributed by atoms with E-state index >= 15 is 0 Å². The highest BCUT2D eigenvalue weighted by molar-refractivity contribution is 6.29. The molecule has 0 saturated carbocycles. The summed E-state index contributed by atoms with van der Waals surface area (Å²) in [6.07, 6.45) is 0.361. The monoisotopic (exact) mass is 266 g/mol. The first-order chi connectivity index (χ1) is 8.60. The molecular weight excluding hydrogens is 256 g/mol. The standard InChI is InChI=1S/C10H11ClN6O/c1-6-14-8(11)3-9(15-6)17-5-7(2-10(17)18)4-13-16-12/h3,7H,2,4-5H2,1H3. The molecule has 1 fully saturated rings. The number of rotatable bonds is 3. The quantitative estimate of drug-likeness (QED) is 0.363. The molecule has 1 saturated heterocycles. The van der Waals surface area contributed by atoms with Crippen LogP contribution in [0.5, 0.6) is 0 Å². The maximum atomic E-state index is 11.9. The fourth-order valence-corrected chi connectivity index (χ4v) is 2.15. The predicted octanol–water partition coefficient (Wildman–Crippen LogP) is 2.10. The summed E-state index contributed by atoms with van der Waals surface area (Å²) in [5.41, 5.74) is 8.27. The van der Waals surface area contributed by atoms with Gasteiger partial charge < -0.3 is 0 Å². The Kier molecular flexibility index (Phi) is 3.64. The van der Waals surface area contributed by atoms with Gasteiger partial charge in [-0.05, 0) is 18.4 Å². The highest BCUT2D eigenvalue weighted by Gasteiger charge is 2.31. The number of anilines is 1. The number of hydrogen-bond acceptors (Lipinski definition) is 4. The molecular formula is C10H11ClN6O. The van der Waals surface area contributed by atoms with Crippen LogP contribution in [-0.4, -0.2) is 29.0 Å². The average Bonchev–Trinajstić information content (AvgIpc) is 2.66. The summed E-state index contributed by atoms with van der Waals surface area (Å²) in [7, 11) is 0. The van der Waals surface area contributed by atoms with Crippen LogP contribution in [0.15, 0.2) is 11.2 Å². The lowest BCUT2D eigenvalue weighted by Gasteiger charge is -2.15. The third-order valence-electron chi connectivity index (χ3n) is 2.68. The van der Waals surface area contributed by atoms with E-state index in [4.69, 9.17) is 17.1 Å². The molecule has 1 aliphatic rings. The highest BCUT2D eigenvalue weighted by atomic mass is 35.5. The summed E-state index contributed by atoms with van der Waals surface area (Å²) in [4.78, 5) is 24.2. The van der Waals surface area contributed by atoms with Crippen LogP contribution >= 0.6 is 11.6 Å². The molecule has 1 atom stereocenters. The van der Waals surface area contributed by atoms with Crippen molar-refractivity contribution < 1.29 is 4.79 Å². The highest BCUT2D eigenvalue weighted by Crippen LogP contribution is 2.25. The van der Waals surface area contributed by atoms with E-state index in [9.17, 15) is 4.79 Å². The summed E-state index contributed by atoms with van der Waals surface area (Å²) in [5.74, 6) is 1.01. The van der Waals surface area contributed by atoms with Gasteiger partial charge in [0, 0.05) is 30.5 Å². The Bertz CT molecular complexity index is 507. The van der Waals surface area contributed by atoms with E-state index in [0.29, 0.717) is 36.3 Å². The summed E-state index contributed by atoms with van der Waals surface area (Å²) in [6, 6.07) is 1.56. The second-order valence-electron chi connectivity index (χ2n) is 4.08. The van der Waals surface area contributed by atoms with Crippen molar-refractivity contribution in [3.63, 3.8) is 0 Å². The normalized spacial score (nSPS) is 18.9. The zero-order valence-electron chi connectivity index (χ0n) is 9.75. The lowest BCUT2D eigenvalue weighted by Crippen LogP contribution is -2.26. The number of carbonyl (C=O) groups is 1. The maximum Gasteiger partial charge on any atom is 0.228 e. The third-order valence-corrected chi connectivity index (χ3v) is 2.87. The van der Waals surface area contributed by atoms with E-state index in [0.717, 1.165) is 0 Å². The number of amides is 1. The summed E-state index contributed by atoms with van der Waals surface area (Å²) in [6.45, 7) is 2.52. The smallest absolute Gasteiger partial charge is 0.228 e. The lowest BCUT2D eigenvalue weighted by molar-refractivity contribution is -0.117. The van der Waals surface area contributed by atoms with Gasteiger partial charge in [-0.3, -0.25) is 9.69 Å². The van der Waals surface area contributed by atoms with Gasteiger partial charge in [0.15, 0.2) is 0 Å². The molecule has 7 nitrogen and oxygen atoms in total. The van der Waals surface area contributed by atoms with Crippen molar-refractivity contribution in [2.24, 2.45) is 11.0 Å². The van der Waals surface area contributed by atoms with Crippen LogP contribution in [0.1, 0.15) is 12.2 Å². The molecule has 2 heterocycles. The Morgan fingerprint density at radius 3 is 3.11 bits per heavy atom. The van der Waals surface area contributed by atoms with Crippen molar-refractivity contribution in [2.45, 2.75) is 13.3 Å². The molecule has 0 spiro atoms. The van der Waals surface area contributed by atoms with E-state index in [2.05, 4.69) is 20.0 Å². The second kappa shape index (κ2) is 5.20. The SMILES string of the molecule is Cc1nc(Cl)cc(N2CC(CN=[N+]=[N-])CC2=O)n1. The van der Waals surface area contributed by atoms with Gasteiger partial charge in [-0.15, -0.1) is 0 Å². The van der Waals surface area contributed by atoms with Crippen LogP contribution in [0.4, 0.5) is 5.82 Å². The molecule has 94 valence electrons. The molecule has 1 aromatic rings. The van der Waals surface area contributed by atoms with Gasteiger partial charge in [0.25, 0.3) is 0 Å². The van der Waals surface area contributed by atoms with Crippen molar-refractivity contribution in [1.29, 1.82) is 0 Å². The van der Waals surface area contributed by atoms with Crippen LogP contribution in [0.2, 0.25) is 5.15 Å². The zero-order valence-corrected chi connectivity index (χ0v) is 10.5. The lowest BCUT2D eigenvalue weighted by atomic mass is 10.1. The van der Waals surface area contributed by atoms with E-state index in [-0.39, 0.29) is 11.8 Å². The Hall–Kier alpha value is -1.85. The van der Waals surface area contributed by atoms with Crippen molar-refractivity contribution in [2.75, 3.05) is 18.0 Å². The van der Waals surface area contributed by atoms with Crippen molar-refractivity contribution in [1.82, 2.24) is 9.97 Å². The van der Waals surface area contributed by atoms with Crippen LogP contribution in [-0.2, 0) is 4.79 Å². The molecule has 0 aromatic carbocycles. The number of aromatic nitrogens is 2. The Balaban J connectivity index is 2.18. The zero-order chi connectivity index (χ0) is 13.1. The first-order valence-corrected chi connectivity index (χ1v) is 5.80. The molecule has 18 heavy (non-hydrogen) atoms. The third kappa shape index (κ3) is 2.69. The molecule has 0 N–H and O–H groups in total. The fraction of sp³-hybridized carbons (Fsp3) is 0.500. The van der Waals surface area contributed by atoms with Crippen LogP contribution in [0, 0.1) is 12.8 Å². The Morgan fingerprint density at radius 2 is 2.44 bits per heavy atom. The molecule has 0 aliphatic carbocycles. The number of hydrogen-bond donors (Lipinski definition) is 0. The number of aryl methyl sites for hydroxylation is 1. The van der Waals surface area contributed by atoms with E-state index in [1.807, 2.05) is 0 Å². The minimum Gasteiger partial charge on any atom is -0.296 e. The minimum atomic E-state index is -0.0395. The number of carbonyl (C=O) groups excluding carboxylic acids is 1. The van der Waals surface area contributed by atoms with Gasteiger partial charge in [-0.25, -0.2) is 9.97 Å². The maximum absolute atomic E-state index is 11.9. The first kappa shape index (κ1) is 12.6. The largest absolute Gasteiger partial charge is 0.296 e. The molecule has 0 radical (unpaired) electrons. The van der Waals surface area contributed by atoms with E-state index in [1.165, 1.54) is 0 Å². The molecule has 2 rings (SSSR count). The van der Waals surface area contributed by atoms with Gasteiger partial charge in [0.05, 0.1) is 0 Å². The molecule has 1 aliphatic heterocycles. The van der Waals surface area contributed by atoms with Gasteiger partial charge in [-0.1, -0.05) is 16.7 Å². The Morgan fingerprint density at radius 1 is 1.67 bits per heavy atom. The van der Waals surface area contributed by atoms with Gasteiger partial charge in [0.1, 0.15) is 16.8 Å². The number of azide groups is 1. The summed E-state index contributed by atoms with van der Waals surface area (Å²) >= 11 is 5.84. The van der Waals surface area contributed by atoms with Crippen molar-refractivity contribution in [3.05, 3.63) is 27.5 Å². The molecule has 1 amide bonds. The minimum absolute atomic E-state index is 0.0300. The predicted molar refractivity (Wildman–Crippen MR) is 66.3 cm³/mol. The van der Waals surface area contributed by atoms with E-state index < -0.39 is 0 Å². The summed E-state index contributed by atoms with van der Waals surface area (Å²) < 4.78 is 0. The molecule has 8 heteroatoms. The summed E-state index contributed by atoms with van der Waals surface area (Å²) in [5, 5.41) is 3.80. The first-order valence-electron chi connectivity index (χ1n) is 5.42. The van der Waals surface area contributed by atoms with Crippen LogP contribution in [0.25, 0.3) is 10.4 Å². The molecule has 1 unspecified atom stereocenters.